The molecule has 0 aliphatic carbocycles. The molecule has 3 heterocycles. The molecule has 1 spiro atoms. The van der Waals surface area contributed by atoms with Crippen LogP contribution in [0.4, 0.5) is 0 Å². The summed E-state index contributed by atoms with van der Waals surface area (Å²) in [5.41, 5.74) is 0.184. The van der Waals surface area contributed by atoms with Gasteiger partial charge in [0.05, 0.1) is 5.60 Å². The van der Waals surface area contributed by atoms with Crippen LogP contribution in [0, 0.1) is 11.8 Å². The van der Waals surface area contributed by atoms with Gasteiger partial charge >= 0.3 is 0 Å². The molecule has 0 aromatic rings. The van der Waals surface area contributed by atoms with E-state index in [2.05, 4.69) is 5.32 Å². The van der Waals surface area contributed by atoms with Crippen LogP contribution in [0.25, 0.3) is 0 Å². The molecular weight excluding hydrogens is 202 g/mol. The molecule has 3 rings (SSSR count). The van der Waals surface area contributed by atoms with Gasteiger partial charge in [0.25, 0.3) is 0 Å². The summed E-state index contributed by atoms with van der Waals surface area (Å²) in [4.78, 5) is 0. The SMILES string of the molecule is C1CC(C2CCOC3(CCOCC3)C2)CN1. The van der Waals surface area contributed by atoms with Crippen molar-refractivity contribution in [1.82, 2.24) is 5.32 Å². The summed E-state index contributed by atoms with van der Waals surface area (Å²) in [7, 11) is 0. The summed E-state index contributed by atoms with van der Waals surface area (Å²) in [5, 5.41) is 3.50. The Morgan fingerprint density at radius 3 is 2.62 bits per heavy atom. The van der Waals surface area contributed by atoms with Gasteiger partial charge < -0.3 is 14.8 Å². The van der Waals surface area contributed by atoms with Gasteiger partial charge in [-0.1, -0.05) is 0 Å². The van der Waals surface area contributed by atoms with Crippen LogP contribution < -0.4 is 5.32 Å². The predicted octanol–water partition coefficient (Wildman–Crippen LogP) is 1.57. The van der Waals surface area contributed by atoms with Gasteiger partial charge in [-0.25, -0.2) is 0 Å². The van der Waals surface area contributed by atoms with E-state index in [1.807, 2.05) is 0 Å². The molecule has 3 aliphatic rings. The molecular formula is C13H23NO2. The Labute approximate surface area is 97.9 Å². The minimum absolute atomic E-state index is 0.184. The molecule has 0 amide bonds. The summed E-state index contributed by atoms with van der Waals surface area (Å²) >= 11 is 0. The van der Waals surface area contributed by atoms with E-state index in [9.17, 15) is 0 Å². The van der Waals surface area contributed by atoms with Crippen LogP contribution in [-0.4, -0.2) is 38.5 Å². The highest BCUT2D eigenvalue weighted by atomic mass is 16.5. The van der Waals surface area contributed by atoms with E-state index in [-0.39, 0.29) is 5.60 Å². The van der Waals surface area contributed by atoms with Crippen LogP contribution in [-0.2, 0) is 9.47 Å². The molecule has 3 fully saturated rings. The van der Waals surface area contributed by atoms with E-state index in [1.54, 1.807) is 0 Å². The Hall–Kier alpha value is -0.120. The lowest BCUT2D eigenvalue weighted by molar-refractivity contribution is -0.151. The molecule has 3 heteroatoms. The Morgan fingerprint density at radius 2 is 1.88 bits per heavy atom. The second-order valence-electron chi connectivity index (χ2n) is 5.65. The highest BCUT2D eigenvalue weighted by molar-refractivity contribution is 4.92. The van der Waals surface area contributed by atoms with Crippen LogP contribution in [0.15, 0.2) is 0 Å². The second-order valence-corrected chi connectivity index (χ2v) is 5.65. The maximum absolute atomic E-state index is 6.10. The van der Waals surface area contributed by atoms with Crippen molar-refractivity contribution in [3.05, 3.63) is 0 Å². The average molecular weight is 225 g/mol. The minimum Gasteiger partial charge on any atom is -0.381 e. The number of hydrogen-bond acceptors (Lipinski definition) is 3. The summed E-state index contributed by atoms with van der Waals surface area (Å²) in [6, 6.07) is 0. The normalized spacial score (nSPS) is 39.0. The van der Waals surface area contributed by atoms with Crippen molar-refractivity contribution in [2.75, 3.05) is 32.9 Å². The van der Waals surface area contributed by atoms with Crippen LogP contribution in [0.1, 0.15) is 32.1 Å². The van der Waals surface area contributed by atoms with Crippen molar-refractivity contribution in [2.24, 2.45) is 11.8 Å². The predicted molar refractivity (Wildman–Crippen MR) is 62.4 cm³/mol. The molecule has 2 atom stereocenters. The summed E-state index contributed by atoms with van der Waals surface area (Å²) < 4.78 is 11.6. The number of rotatable bonds is 1. The minimum atomic E-state index is 0.184. The van der Waals surface area contributed by atoms with E-state index in [4.69, 9.17) is 9.47 Å². The maximum Gasteiger partial charge on any atom is 0.0729 e. The second kappa shape index (κ2) is 4.63. The first-order chi connectivity index (χ1) is 7.88. The molecule has 16 heavy (non-hydrogen) atoms. The molecule has 0 radical (unpaired) electrons. The third kappa shape index (κ3) is 2.13. The first-order valence-corrected chi connectivity index (χ1v) is 6.80. The van der Waals surface area contributed by atoms with E-state index in [1.165, 1.54) is 32.4 Å². The zero-order chi connectivity index (χ0) is 10.8. The van der Waals surface area contributed by atoms with Crippen molar-refractivity contribution >= 4 is 0 Å². The van der Waals surface area contributed by atoms with Gasteiger partial charge in [0.2, 0.25) is 0 Å². The maximum atomic E-state index is 6.10. The Kier molecular flexibility index (Phi) is 3.18. The third-order valence-electron chi connectivity index (χ3n) is 4.70. The molecule has 3 aliphatic heterocycles. The van der Waals surface area contributed by atoms with E-state index in [0.717, 1.165) is 44.5 Å². The van der Waals surface area contributed by atoms with Crippen LogP contribution >= 0.6 is 0 Å². The van der Waals surface area contributed by atoms with Gasteiger partial charge in [-0.15, -0.1) is 0 Å². The quantitative estimate of drug-likeness (QED) is 0.735. The average Bonchev–Trinajstić information content (AvgIpc) is 2.83. The molecule has 3 saturated heterocycles. The molecule has 0 aromatic heterocycles. The van der Waals surface area contributed by atoms with Crippen LogP contribution in [0.3, 0.4) is 0 Å². The third-order valence-corrected chi connectivity index (χ3v) is 4.70. The molecule has 0 aromatic carbocycles. The summed E-state index contributed by atoms with van der Waals surface area (Å²) in [6.45, 7) is 5.22. The molecule has 2 unspecified atom stereocenters. The standard InChI is InChI=1S/C13H23NO2/c1-5-14-10-12(1)11-2-6-16-13(9-11)3-7-15-8-4-13/h11-12,14H,1-10H2. The van der Waals surface area contributed by atoms with Gasteiger partial charge in [0.1, 0.15) is 0 Å². The molecule has 0 saturated carbocycles. The molecule has 0 bridgehead atoms. The Balaban J connectivity index is 1.64. The fourth-order valence-electron chi connectivity index (χ4n) is 3.64. The molecule has 92 valence electrons. The van der Waals surface area contributed by atoms with Gasteiger partial charge in [0.15, 0.2) is 0 Å². The van der Waals surface area contributed by atoms with Crippen LogP contribution in [0.2, 0.25) is 0 Å². The zero-order valence-corrected chi connectivity index (χ0v) is 10.0. The highest BCUT2D eigenvalue weighted by Crippen LogP contribution is 2.40. The lowest BCUT2D eigenvalue weighted by Gasteiger charge is -2.44. The largest absolute Gasteiger partial charge is 0.381 e. The first kappa shape index (κ1) is 11.0. The van der Waals surface area contributed by atoms with Crippen molar-refractivity contribution in [1.29, 1.82) is 0 Å². The van der Waals surface area contributed by atoms with Gasteiger partial charge in [-0.05, 0) is 57.0 Å². The van der Waals surface area contributed by atoms with Gasteiger partial charge in [-0.3, -0.25) is 0 Å². The fourth-order valence-corrected chi connectivity index (χ4v) is 3.64. The number of hydrogen-bond donors (Lipinski definition) is 1. The van der Waals surface area contributed by atoms with Crippen molar-refractivity contribution in [3.63, 3.8) is 0 Å². The van der Waals surface area contributed by atoms with Crippen molar-refractivity contribution < 1.29 is 9.47 Å². The van der Waals surface area contributed by atoms with E-state index >= 15 is 0 Å². The smallest absolute Gasteiger partial charge is 0.0729 e. The zero-order valence-electron chi connectivity index (χ0n) is 10.0. The number of ether oxygens (including phenoxy) is 2. The Bertz CT molecular complexity index is 227. The first-order valence-electron chi connectivity index (χ1n) is 6.80. The van der Waals surface area contributed by atoms with Gasteiger partial charge in [0, 0.05) is 19.8 Å². The highest BCUT2D eigenvalue weighted by Gasteiger charge is 2.41. The number of nitrogens with one attached hydrogen (secondary N) is 1. The monoisotopic (exact) mass is 225 g/mol. The summed E-state index contributed by atoms with van der Waals surface area (Å²) in [5.74, 6) is 1.80. The Morgan fingerprint density at radius 1 is 1.00 bits per heavy atom. The summed E-state index contributed by atoms with van der Waals surface area (Å²) in [6.07, 6.45) is 6.15. The topological polar surface area (TPSA) is 30.5 Å². The van der Waals surface area contributed by atoms with Crippen molar-refractivity contribution in [3.8, 4) is 0 Å². The van der Waals surface area contributed by atoms with Crippen LogP contribution in [0.5, 0.6) is 0 Å². The molecule has 3 nitrogen and oxygen atoms in total. The van der Waals surface area contributed by atoms with Gasteiger partial charge in [-0.2, -0.15) is 0 Å². The lowest BCUT2D eigenvalue weighted by atomic mass is 9.75. The fraction of sp³-hybridized carbons (Fsp3) is 1.00. The van der Waals surface area contributed by atoms with E-state index in [0.29, 0.717) is 0 Å². The van der Waals surface area contributed by atoms with E-state index < -0.39 is 0 Å². The lowest BCUT2D eigenvalue weighted by Crippen LogP contribution is -2.45. The molecule has 1 N–H and O–H groups in total. The van der Waals surface area contributed by atoms with Crippen molar-refractivity contribution in [2.45, 2.75) is 37.7 Å².